The largest absolute Gasteiger partial charge is 0.372 e. The summed E-state index contributed by atoms with van der Waals surface area (Å²) in [5, 5.41) is 7.12. The van der Waals surface area contributed by atoms with Crippen LogP contribution < -0.4 is 10.2 Å². The van der Waals surface area contributed by atoms with Crippen molar-refractivity contribution in [1.82, 2.24) is 9.78 Å². The molecule has 150 valence electrons. The second kappa shape index (κ2) is 8.47. The molecular formula is C23H25FN4O. The maximum atomic E-state index is 14.1. The topological polar surface area (TPSA) is 50.2 Å². The number of nitrogens with zero attached hydrogens (tertiary/aromatic N) is 3. The second-order valence-corrected chi connectivity index (χ2v) is 7.41. The molecule has 2 aromatic carbocycles. The number of nitrogens with one attached hydrogen (secondary N) is 1. The zero-order valence-corrected chi connectivity index (χ0v) is 16.6. The van der Waals surface area contributed by atoms with E-state index in [-0.39, 0.29) is 11.7 Å². The summed E-state index contributed by atoms with van der Waals surface area (Å²) in [6.07, 6.45) is 6.52. The molecule has 0 unspecified atom stereocenters. The van der Waals surface area contributed by atoms with E-state index in [1.54, 1.807) is 25.1 Å². The minimum Gasteiger partial charge on any atom is -0.372 e. The molecule has 1 aromatic heterocycles. The van der Waals surface area contributed by atoms with Crippen molar-refractivity contribution in [1.29, 1.82) is 0 Å². The van der Waals surface area contributed by atoms with E-state index in [0.717, 1.165) is 18.8 Å². The quantitative estimate of drug-likeness (QED) is 0.683. The van der Waals surface area contributed by atoms with E-state index >= 15 is 0 Å². The van der Waals surface area contributed by atoms with Gasteiger partial charge >= 0.3 is 0 Å². The molecule has 1 aliphatic heterocycles. The van der Waals surface area contributed by atoms with E-state index in [1.807, 2.05) is 12.1 Å². The molecular weight excluding hydrogens is 367 g/mol. The van der Waals surface area contributed by atoms with Crippen LogP contribution in [0, 0.1) is 12.7 Å². The SMILES string of the molecule is Cc1c(C(=O)Nc2ccc(N3CCCCCC3)cc2)cnn1-c1ccccc1F. The molecule has 1 N–H and O–H groups in total. The number of aromatic nitrogens is 2. The normalized spacial score (nSPS) is 14.5. The number of carbonyl (C=O) groups excluding carboxylic acids is 1. The monoisotopic (exact) mass is 392 g/mol. The molecule has 1 amide bonds. The van der Waals surface area contributed by atoms with Gasteiger partial charge in [0.15, 0.2) is 0 Å². The summed E-state index contributed by atoms with van der Waals surface area (Å²) < 4.78 is 15.5. The van der Waals surface area contributed by atoms with E-state index in [0.29, 0.717) is 16.9 Å². The number of para-hydroxylation sites is 1. The van der Waals surface area contributed by atoms with Crippen LogP contribution in [0.3, 0.4) is 0 Å². The van der Waals surface area contributed by atoms with E-state index in [2.05, 4.69) is 27.4 Å². The highest BCUT2D eigenvalue weighted by Gasteiger charge is 2.17. The lowest BCUT2D eigenvalue weighted by molar-refractivity contribution is 0.102. The van der Waals surface area contributed by atoms with Gasteiger partial charge in [0.1, 0.15) is 11.5 Å². The highest BCUT2D eigenvalue weighted by Crippen LogP contribution is 2.23. The first-order valence-corrected chi connectivity index (χ1v) is 10.1. The zero-order valence-electron chi connectivity index (χ0n) is 16.6. The third kappa shape index (κ3) is 4.16. The summed E-state index contributed by atoms with van der Waals surface area (Å²) in [6.45, 7) is 3.93. The summed E-state index contributed by atoms with van der Waals surface area (Å²) in [7, 11) is 0. The summed E-state index contributed by atoms with van der Waals surface area (Å²) >= 11 is 0. The van der Waals surface area contributed by atoms with E-state index < -0.39 is 0 Å². The molecule has 2 heterocycles. The molecule has 0 radical (unpaired) electrons. The minimum absolute atomic E-state index is 0.257. The Labute approximate surface area is 170 Å². The Balaban J connectivity index is 1.48. The Morgan fingerprint density at radius 3 is 2.38 bits per heavy atom. The number of rotatable bonds is 4. The number of hydrogen-bond acceptors (Lipinski definition) is 3. The average Bonchev–Trinajstić information content (AvgIpc) is 2.92. The van der Waals surface area contributed by atoms with E-state index in [1.165, 1.54) is 48.3 Å². The Morgan fingerprint density at radius 2 is 1.69 bits per heavy atom. The molecule has 0 aliphatic carbocycles. The second-order valence-electron chi connectivity index (χ2n) is 7.41. The average molecular weight is 392 g/mol. The van der Waals surface area contributed by atoms with Crippen molar-refractivity contribution in [3.05, 3.63) is 71.8 Å². The van der Waals surface area contributed by atoms with Gasteiger partial charge < -0.3 is 10.2 Å². The summed E-state index contributed by atoms with van der Waals surface area (Å²) in [6, 6.07) is 14.3. The van der Waals surface area contributed by atoms with Gasteiger partial charge in [-0.2, -0.15) is 5.10 Å². The first kappa shape index (κ1) is 19.2. The van der Waals surface area contributed by atoms with Crippen LogP contribution in [-0.4, -0.2) is 28.8 Å². The Hall–Kier alpha value is -3.15. The number of amides is 1. The minimum atomic E-state index is -0.380. The van der Waals surface area contributed by atoms with Gasteiger partial charge in [-0.05, 0) is 56.2 Å². The smallest absolute Gasteiger partial charge is 0.259 e. The van der Waals surface area contributed by atoms with Crippen LogP contribution in [0.5, 0.6) is 0 Å². The van der Waals surface area contributed by atoms with Crippen molar-refractivity contribution in [3.8, 4) is 5.69 Å². The van der Waals surface area contributed by atoms with Crippen LogP contribution in [0.1, 0.15) is 41.7 Å². The van der Waals surface area contributed by atoms with Gasteiger partial charge in [-0.3, -0.25) is 4.79 Å². The van der Waals surface area contributed by atoms with E-state index in [9.17, 15) is 9.18 Å². The zero-order chi connectivity index (χ0) is 20.2. The molecule has 6 heteroatoms. The molecule has 5 nitrogen and oxygen atoms in total. The molecule has 0 bridgehead atoms. The molecule has 4 rings (SSSR count). The molecule has 0 atom stereocenters. The maximum absolute atomic E-state index is 14.1. The predicted molar refractivity (Wildman–Crippen MR) is 113 cm³/mol. The molecule has 3 aromatic rings. The Morgan fingerprint density at radius 1 is 1.00 bits per heavy atom. The Kier molecular flexibility index (Phi) is 5.60. The Bertz CT molecular complexity index is 988. The van der Waals surface area contributed by atoms with Gasteiger partial charge in [0.2, 0.25) is 0 Å². The van der Waals surface area contributed by atoms with Crippen LogP contribution in [0.4, 0.5) is 15.8 Å². The van der Waals surface area contributed by atoms with Crippen molar-refractivity contribution in [2.24, 2.45) is 0 Å². The van der Waals surface area contributed by atoms with Crippen LogP contribution in [0.2, 0.25) is 0 Å². The van der Waals surface area contributed by atoms with Crippen molar-refractivity contribution in [2.45, 2.75) is 32.6 Å². The van der Waals surface area contributed by atoms with Crippen molar-refractivity contribution >= 4 is 17.3 Å². The molecule has 0 saturated carbocycles. The summed E-state index contributed by atoms with van der Waals surface area (Å²) in [4.78, 5) is 15.1. The lowest BCUT2D eigenvalue weighted by Crippen LogP contribution is -2.23. The van der Waals surface area contributed by atoms with Gasteiger partial charge in [0.05, 0.1) is 17.5 Å². The fourth-order valence-electron chi connectivity index (χ4n) is 3.78. The lowest BCUT2D eigenvalue weighted by Gasteiger charge is -2.22. The predicted octanol–water partition coefficient (Wildman–Crippen LogP) is 4.95. The van der Waals surface area contributed by atoms with Crippen molar-refractivity contribution in [2.75, 3.05) is 23.3 Å². The van der Waals surface area contributed by atoms with Crippen LogP contribution in [-0.2, 0) is 0 Å². The molecule has 1 fully saturated rings. The van der Waals surface area contributed by atoms with Crippen molar-refractivity contribution < 1.29 is 9.18 Å². The highest BCUT2D eigenvalue weighted by molar-refractivity contribution is 6.05. The fourth-order valence-corrected chi connectivity index (χ4v) is 3.78. The number of hydrogen-bond donors (Lipinski definition) is 1. The number of carbonyl (C=O) groups is 1. The first-order valence-electron chi connectivity index (χ1n) is 10.1. The third-order valence-corrected chi connectivity index (χ3v) is 5.43. The lowest BCUT2D eigenvalue weighted by atomic mass is 10.2. The highest BCUT2D eigenvalue weighted by atomic mass is 19.1. The molecule has 0 spiro atoms. The fraction of sp³-hybridized carbons (Fsp3) is 0.304. The van der Waals surface area contributed by atoms with E-state index in [4.69, 9.17) is 0 Å². The van der Waals surface area contributed by atoms with Gasteiger partial charge in [0.25, 0.3) is 5.91 Å². The standard InChI is InChI=1S/C23H25FN4O/c1-17-20(16-25-28(17)22-9-5-4-8-21(22)24)23(29)26-18-10-12-19(13-11-18)27-14-6-2-3-7-15-27/h4-5,8-13,16H,2-3,6-7,14-15H2,1H3,(H,26,29). The van der Waals surface area contributed by atoms with Crippen LogP contribution in [0.25, 0.3) is 5.69 Å². The van der Waals surface area contributed by atoms with Crippen LogP contribution in [0.15, 0.2) is 54.7 Å². The van der Waals surface area contributed by atoms with Crippen LogP contribution >= 0.6 is 0 Å². The van der Waals surface area contributed by atoms with Gasteiger partial charge in [-0.1, -0.05) is 25.0 Å². The first-order chi connectivity index (χ1) is 14.1. The maximum Gasteiger partial charge on any atom is 0.259 e. The summed E-state index contributed by atoms with van der Waals surface area (Å²) in [5.41, 5.74) is 3.25. The van der Waals surface area contributed by atoms with Gasteiger partial charge in [-0.25, -0.2) is 9.07 Å². The molecule has 29 heavy (non-hydrogen) atoms. The molecule has 1 aliphatic rings. The van der Waals surface area contributed by atoms with Crippen molar-refractivity contribution in [3.63, 3.8) is 0 Å². The van der Waals surface area contributed by atoms with Gasteiger partial charge in [-0.15, -0.1) is 0 Å². The number of halogens is 1. The summed E-state index contributed by atoms with van der Waals surface area (Å²) in [5.74, 6) is -0.637. The molecule has 1 saturated heterocycles. The third-order valence-electron chi connectivity index (χ3n) is 5.43. The number of anilines is 2. The number of benzene rings is 2. The van der Waals surface area contributed by atoms with Gasteiger partial charge in [0, 0.05) is 24.5 Å².